The Hall–Kier alpha value is -1.18. The highest BCUT2D eigenvalue weighted by molar-refractivity contribution is 9.10. The van der Waals surface area contributed by atoms with Crippen molar-refractivity contribution in [3.8, 4) is 0 Å². The number of anilines is 1. The van der Waals surface area contributed by atoms with E-state index in [1.807, 2.05) is 6.07 Å². The third-order valence-corrected chi connectivity index (χ3v) is 4.16. The standard InChI is InChI=1S/C13H19BrN4O2/c1-16-5-6-17(2)11(9-16)8-15-12-4-3-10(14)7-13(12)18(19)20/h3-4,7,11,15H,5-6,8-9H2,1-2H3. The minimum atomic E-state index is -0.357. The molecule has 0 spiro atoms. The third kappa shape index (κ3) is 3.68. The van der Waals surface area contributed by atoms with Crippen molar-refractivity contribution in [2.75, 3.05) is 45.6 Å². The fraction of sp³-hybridized carbons (Fsp3) is 0.538. The summed E-state index contributed by atoms with van der Waals surface area (Å²) < 4.78 is 0.712. The van der Waals surface area contributed by atoms with Crippen molar-refractivity contribution in [1.29, 1.82) is 0 Å². The Morgan fingerprint density at radius 3 is 2.90 bits per heavy atom. The minimum Gasteiger partial charge on any atom is -0.378 e. The van der Waals surface area contributed by atoms with Crippen LogP contribution in [0.5, 0.6) is 0 Å². The minimum absolute atomic E-state index is 0.103. The lowest BCUT2D eigenvalue weighted by Crippen LogP contribution is -2.52. The maximum atomic E-state index is 11.1. The molecule has 20 heavy (non-hydrogen) atoms. The summed E-state index contributed by atoms with van der Waals surface area (Å²) in [4.78, 5) is 15.3. The summed E-state index contributed by atoms with van der Waals surface area (Å²) in [5.41, 5.74) is 0.672. The first kappa shape index (κ1) is 15.2. The van der Waals surface area contributed by atoms with Crippen LogP contribution in [0.1, 0.15) is 0 Å². The number of benzene rings is 1. The van der Waals surface area contributed by atoms with Gasteiger partial charge in [0.2, 0.25) is 0 Å². The summed E-state index contributed by atoms with van der Waals surface area (Å²) in [7, 11) is 4.19. The first-order valence-electron chi connectivity index (χ1n) is 6.54. The quantitative estimate of drug-likeness (QED) is 0.669. The predicted octanol–water partition coefficient (Wildman–Crippen LogP) is 2.01. The van der Waals surface area contributed by atoms with Crippen molar-refractivity contribution < 1.29 is 4.92 Å². The second kappa shape index (κ2) is 6.51. The molecule has 7 heteroatoms. The zero-order valence-electron chi connectivity index (χ0n) is 11.7. The first-order valence-corrected chi connectivity index (χ1v) is 7.33. The number of hydrogen-bond acceptors (Lipinski definition) is 5. The second-order valence-electron chi connectivity index (χ2n) is 5.20. The summed E-state index contributed by atoms with van der Waals surface area (Å²) in [6.07, 6.45) is 0. The summed E-state index contributed by atoms with van der Waals surface area (Å²) in [6.45, 7) is 3.74. The molecule has 0 aliphatic carbocycles. The molecular formula is C13H19BrN4O2. The van der Waals surface area contributed by atoms with E-state index in [2.05, 4.69) is 45.1 Å². The summed E-state index contributed by atoms with van der Waals surface area (Å²) >= 11 is 3.26. The number of nitrogens with zero attached hydrogens (tertiary/aromatic N) is 3. The van der Waals surface area contributed by atoms with Crippen LogP contribution < -0.4 is 5.32 Å². The molecule has 1 heterocycles. The molecule has 1 fully saturated rings. The Morgan fingerprint density at radius 1 is 1.45 bits per heavy atom. The molecule has 1 atom stereocenters. The van der Waals surface area contributed by atoms with Gasteiger partial charge >= 0.3 is 0 Å². The summed E-state index contributed by atoms with van der Waals surface area (Å²) in [5, 5.41) is 14.3. The van der Waals surface area contributed by atoms with Gasteiger partial charge in [0.15, 0.2) is 0 Å². The van der Waals surface area contributed by atoms with Gasteiger partial charge in [-0.1, -0.05) is 15.9 Å². The van der Waals surface area contributed by atoms with Gasteiger partial charge in [-0.15, -0.1) is 0 Å². The summed E-state index contributed by atoms with van der Waals surface area (Å²) in [5.74, 6) is 0. The van der Waals surface area contributed by atoms with Crippen LogP contribution in [0.15, 0.2) is 22.7 Å². The smallest absolute Gasteiger partial charge is 0.293 e. The molecule has 6 nitrogen and oxygen atoms in total. The molecule has 2 rings (SSSR count). The Balaban J connectivity index is 2.05. The molecule has 0 amide bonds. The predicted molar refractivity (Wildman–Crippen MR) is 83.2 cm³/mol. The number of nitro groups is 1. The van der Waals surface area contributed by atoms with Crippen molar-refractivity contribution in [3.05, 3.63) is 32.8 Å². The van der Waals surface area contributed by atoms with E-state index in [1.54, 1.807) is 6.07 Å². The monoisotopic (exact) mass is 342 g/mol. The van der Waals surface area contributed by atoms with Crippen LogP contribution in [0.2, 0.25) is 0 Å². The van der Waals surface area contributed by atoms with Crippen molar-refractivity contribution in [2.24, 2.45) is 0 Å². The molecule has 1 aromatic carbocycles. The Morgan fingerprint density at radius 2 is 2.20 bits per heavy atom. The SMILES string of the molecule is CN1CCN(C)C(CNc2ccc(Br)cc2[N+](=O)[O-])C1. The van der Waals surface area contributed by atoms with E-state index in [0.717, 1.165) is 19.6 Å². The largest absolute Gasteiger partial charge is 0.378 e. The third-order valence-electron chi connectivity index (χ3n) is 3.66. The number of halogens is 1. The van der Waals surface area contributed by atoms with Gasteiger partial charge in [0.1, 0.15) is 5.69 Å². The van der Waals surface area contributed by atoms with Gasteiger partial charge in [0.25, 0.3) is 5.69 Å². The maximum Gasteiger partial charge on any atom is 0.293 e. The van der Waals surface area contributed by atoms with E-state index in [-0.39, 0.29) is 10.6 Å². The highest BCUT2D eigenvalue weighted by atomic mass is 79.9. The van der Waals surface area contributed by atoms with E-state index in [4.69, 9.17) is 0 Å². The molecular weight excluding hydrogens is 324 g/mol. The van der Waals surface area contributed by atoms with Crippen molar-refractivity contribution >= 4 is 27.3 Å². The van der Waals surface area contributed by atoms with Crippen molar-refractivity contribution in [3.63, 3.8) is 0 Å². The molecule has 1 aliphatic rings. The van der Waals surface area contributed by atoms with Crippen LogP contribution in [-0.2, 0) is 0 Å². The van der Waals surface area contributed by atoms with Crippen LogP contribution in [0, 0.1) is 10.1 Å². The normalized spacial score (nSPS) is 20.9. The highest BCUT2D eigenvalue weighted by Crippen LogP contribution is 2.28. The Bertz CT molecular complexity index is 497. The number of nitro benzene ring substituents is 1. The van der Waals surface area contributed by atoms with E-state index < -0.39 is 0 Å². The Labute approximate surface area is 127 Å². The molecule has 1 N–H and O–H groups in total. The van der Waals surface area contributed by atoms with Crippen LogP contribution in [-0.4, -0.2) is 61.0 Å². The number of nitrogens with one attached hydrogen (secondary N) is 1. The van der Waals surface area contributed by atoms with Gasteiger partial charge in [0.05, 0.1) is 4.92 Å². The fourth-order valence-corrected chi connectivity index (χ4v) is 2.70. The zero-order valence-corrected chi connectivity index (χ0v) is 13.3. The van der Waals surface area contributed by atoms with Crippen molar-refractivity contribution in [1.82, 2.24) is 9.80 Å². The van der Waals surface area contributed by atoms with E-state index in [9.17, 15) is 10.1 Å². The average molecular weight is 343 g/mol. The van der Waals surface area contributed by atoms with E-state index >= 15 is 0 Å². The van der Waals surface area contributed by atoms with E-state index in [1.165, 1.54) is 6.07 Å². The molecule has 1 unspecified atom stereocenters. The topological polar surface area (TPSA) is 61.6 Å². The molecule has 1 aliphatic heterocycles. The lowest BCUT2D eigenvalue weighted by molar-refractivity contribution is -0.384. The molecule has 0 aromatic heterocycles. The molecule has 0 saturated carbocycles. The first-order chi connectivity index (χ1) is 9.47. The fourth-order valence-electron chi connectivity index (χ4n) is 2.35. The van der Waals surface area contributed by atoms with Crippen LogP contribution >= 0.6 is 15.9 Å². The lowest BCUT2D eigenvalue weighted by Gasteiger charge is -2.37. The molecule has 0 radical (unpaired) electrons. The number of hydrogen-bond donors (Lipinski definition) is 1. The maximum absolute atomic E-state index is 11.1. The molecule has 1 saturated heterocycles. The molecule has 1 aromatic rings. The Kier molecular flexibility index (Phi) is 4.95. The van der Waals surface area contributed by atoms with Gasteiger partial charge in [-0.2, -0.15) is 0 Å². The van der Waals surface area contributed by atoms with E-state index in [0.29, 0.717) is 22.7 Å². The molecule has 0 bridgehead atoms. The van der Waals surface area contributed by atoms with Gasteiger partial charge in [-0.3, -0.25) is 15.0 Å². The van der Waals surface area contributed by atoms with Crippen LogP contribution in [0.3, 0.4) is 0 Å². The average Bonchev–Trinajstić information content (AvgIpc) is 2.40. The van der Waals surface area contributed by atoms with Gasteiger partial charge in [0, 0.05) is 42.8 Å². The number of rotatable bonds is 4. The van der Waals surface area contributed by atoms with Gasteiger partial charge < -0.3 is 10.2 Å². The molecule has 110 valence electrons. The van der Waals surface area contributed by atoms with Crippen molar-refractivity contribution in [2.45, 2.75) is 6.04 Å². The number of likely N-dealkylation sites (N-methyl/N-ethyl adjacent to an activating group) is 2. The summed E-state index contributed by atoms with van der Waals surface area (Å²) in [6, 6.07) is 5.44. The van der Waals surface area contributed by atoms with Crippen LogP contribution in [0.25, 0.3) is 0 Å². The van der Waals surface area contributed by atoms with Gasteiger partial charge in [-0.05, 0) is 26.2 Å². The lowest BCUT2D eigenvalue weighted by atomic mass is 10.1. The highest BCUT2D eigenvalue weighted by Gasteiger charge is 2.23. The van der Waals surface area contributed by atoms with Gasteiger partial charge in [-0.25, -0.2) is 0 Å². The zero-order chi connectivity index (χ0) is 14.7. The number of piperazine rings is 1. The van der Waals surface area contributed by atoms with Crippen LogP contribution in [0.4, 0.5) is 11.4 Å². The second-order valence-corrected chi connectivity index (χ2v) is 6.11.